The molecule has 1 aromatic carbocycles. The number of benzene rings is 1. The van der Waals surface area contributed by atoms with Crippen molar-refractivity contribution in [2.45, 2.75) is 46.6 Å². The van der Waals surface area contributed by atoms with Crippen molar-refractivity contribution in [2.75, 3.05) is 10.6 Å². The van der Waals surface area contributed by atoms with Crippen LogP contribution in [-0.4, -0.2) is 22.6 Å². The van der Waals surface area contributed by atoms with Crippen LogP contribution in [0.5, 0.6) is 0 Å². The fourth-order valence-electron chi connectivity index (χ4n) is 2.14. The molecule has 2 aromatic rings. The van der Waals surface area contributed by atoms with Crippen LogP contribution >= 0.6 is 11.3 Å². The molecular formula is C18H23N3O3S. The summed E-state index contributed by atoms with van der Waals surface area (Å²) in [6, 6.07) is 6.67. The third-order valence-corrected chi connectivity index (χ3v) is 4.15. The zero-order valence-electron chi connectivity index (χ0n) is 15.1. The van der Waals surface area contributed by atoms with E-state index in [0.29, 0.717) is 16.4 Å². The van der Waals surface area contributed by atoms with Crippen molar-refractivity contribution in [2.24, 2.45) is 0 Å². The lowest BCUT2D eigenvalue weighted by Gasteiger charge is -2.19. The van der Waals surface area contributed by atoms with Crippen LogP contribution in [0.15, 0.2) is 24.3 Å². The number of hydrogen-bond donors (Lipinski definition) is 2. The Labute approximate surface area is 151 Å². The predicted molar refractivity (Wildman–Crippen MR) is 100 cm³/mol. The van der Waals surface area contributed by atoms with Gasteiger partial charge in [0.25, 0.3) is 5.91 Å². The molecular weight excluding hydrogens is 338 g/mol. The molecule has 0 radical (unpaired) electrons. The number of aryl methyl sites for hydroxylation is 2. The summed E-state index contributed by atoms with van der Waals surface area (Å²) in [6.07, 6.45) is 0.265. The van der Waals surface area contributed by atoms with Crippen LogP contribution in [0.2, 0.25) is 0 Å². The van der Waals surface area contributed by atoms with Crippen molar-refractivity contribution in [1.29, 1.82) is 0 Å². The highest BCUT2D eigenvalue weighted by molar-refractivity contribution is 7.15. The molecule has 6 nitrogen and oxygen atoms in total. The maximum absolute atomic E-state index is 12.4. The molecule has 7 heteroatoms. The van der Waals surface area contributed by atoms with Gasteiger partial charge in [0.15, 0.2) is 5.13 Å². The predicted octanol–water partition coefficient (Wildman–Crippen LogP) is 4.61. The van der Waals surface area contributed by atoms with E-state index in [1.54, 1.807) is 45.0 Å². The molecule has 0 fully saturated rings. The van der Waals surface area contributed by atoms with Crippen LogP contribution in [0.4, 0.5) is 15.6 Å². The number of carbonyl (C=O) groups excluding carboxylic acids is 2. The summed E-state index contributed by atoms with van der Waals surface area (Å²) in [4.78, 5) is 29.7. The maximum Gasteiger partial charge on any atom is 0.412 e. The minimum absolute atomic E-state index is 0.274. The van der Waals surface area contributed by atoms with Gasteiger partial charge in [0.2, 0.25) is 0 Å². The molecule has 2 rings (SSSR count). The average Bonchev–Trinajstić information content (AvgIpc) is 2.85. The summed E-state index contributed by atoms with van der Waals surface area (Å²) in [5, 5.41) is 6.00. The van der Waals surface area contributed by atoms with Gasteiger partial charge in [0.1, 0.15) is 5.60 Å². The van der Waals surface area contributed by atoms with Gasteiger partial charge < -0.3 is 4.74 Å². The fraction of sp³-hybridized carbons (Fsp3) is 0.389. The quantitative estimate of drug-likeness (QED) is 0.833. The van der Waals surface area contributed by atoms with E-state index in [-0.39, 0.29) is 5.91 Å². The number of aromatic nitrogens is 1. The number of anilines is 2. The van der Waals surface area contributed by atoms with Gasteiger partial charge in [0.05, 0.1) is 5.69 Å². The first-order chi connectivity index (χ1) is 11.7. The first-order valence-corrected chi connectivity index (χ1v) is 8.87. The van der Waals surface area contributed by atoms with Crippen molar-refractivity contribution < 1.29 is 14.3 Å². The molecule has 0 bridgehead atoms. The van der Waals surface area contributed by atoms with Crippen LogP contribution in [-0.2, 0) is 11.2 Å². The van der Waals surface area contributed by atoms with E-state index in [2.05, 4.69) is 15.6 Å². The number of nitrogens with one attached hydrogen (secondary N) is 2. The Hall–Kier alpha value is -2.41. The molecule has 1 heterocycles. The second-order valence-corrected chi connectivity index (χ2v) is 7.74. The summed E-state index contributed by atoms with van der Waals surface area (Å²) in [5.41, 5.74) is 1.32. The van der Waals surface area contributed by atoms with Crippen LogP contribution in [0.3, 0.4) is 0 Å². The van der Waals surface area contributed by atoms with Crippen molar-refractivity contribution in [3.05, 3.63) is 40.4 Å². The van der Waals surface area contributed by atoms with Gasteiger partial charge in [-0.1, -0.05) is 13.0 Å². The maximum atomic E-state index is 12.4. The van der Waals surface area contributed by atoms with E-state index in [0.717, 1.165) is 17.0 Å². The van der Waals surface area contributed by atoms with E-state index in [1.165, 1.54) is 11.3 Å². The SMILES string of the molecule is CCc1nc(NC(=O)c2cccc(NC(=O)OC(C)(C)C)c2)sc1C. The molecule has 0 unspecified atom stereocenters. The molecule has 25 heavy (non-hydrogen) atoms. The van der Waals surface area contributed by atoms with Crippen LogP contribution in [0, 0.1) is 6.92 Å². The largest absolute Gasteiger partial charge is 0.444 e. The molecule has 2 N–H and O–H groups in total. The minimum atomic E-state index is -0.585. The lowest BCUT2D eigenvalue weighted by Crippen LogP contribution is -2.27. The molecule has 0 saturated heterocycles. The number of amides is 2. The fourth-order valence-corrected chi connectivity index (χ4v) is 3.04. The molecule has 0 spiro atoms. The van der Waals surface area contributed by atoms with E-state index < -0.39 is 11.7 Å². The number of nitrogens with zero attached hydrogens (tertiary/aromatic N) is 1. The number of rotatable bonds is 4. The number of ether oxygens (including phenoxy) is 1. The first-order valence-electron chi connectivity index (χ1n) is 8.05. The molecule has 0 aliphatic carbocycles. The summed E-state index contributed by atoms with van der Waals surface area (Å²) in [5.74, 6) is -0.274. The Morgan fingerprint density at radius 1 is 1.24 bits per heavy atom. The van der Waals surface area contributed by atoms with Crippen molar-refractivity contribution in [1.82, 2.24) is 4.98 Å². The summed E-state index contributed by atoms with van der Waals surface area (Å²) < 4.78 is 5.21. The molecule has 0 saturated carbocycles. The second-order valence-electron chi connectivity index (χ2n) is 6.54. The lowest BCUT2D eigenvalue weighted by atomic mass is 10.2. The molecule has 0 aliphatic rings. The number of thiazole rings is 1. The molecule has 0 atom stereocenters. The Balaban J connectivity index is 2.06. The van der Waals surface area contributed by atoms with Crippen LogP contribution in [0.25, 0.3) is 0 Å². The lowest BCUT2D eigenvalue weighted by molar-refractivity contribution is 0.0635. The van der Waals surface area contributed by atoms with Gasteiger partial charge in [-0.2, -0.15) is 0 Å². The first kappa shape index (κ1) is 18.9. The average molecular weight is 361 g/mol. The van der Waals surface area contributed by atoms with E-state index in [1.807, 2.05) is 13.8 Å². The third kappa shape index (κ3) is 5.56. The third-order valence-electron chi connectivity index (χ3n) is 3.22. The molecule has 0 aliphatic heterocycles. The van der Waals surface area contributed by atoms with E-state index in [9.17, 15) is 9.59 Å². The summed E-state index contributed by atoms with van der Waals surface area (Å²) in [6.45, 7) is 9.38. The Bertz CT molecular complexity index is 778. The highest BCUT2D eigenvalue weighted by atomic mass is 32.1. The molecule has 2 amide bonds. The summed E-state index contributed by atoms with van der Waals surface area (Å²) in [7, 11) is 0. The highest BCUT2D eigenvalue weighted by Gasteiger charge is 2.17. The van der Waals surface area contributed by atoms with Gasteiger partial charge in [-0.15, -0.1) is 11.3 Å². The molecule has 1 aromatic heterocycles. The van der Waals surface area contributed by atoms with Crippen molar-refractivity contribution in [3.63, 3.8) is 0 Å². The normalized spacial score (nSPS) is 11.1. The van der Waals surface area contributed by atoms with Gasteiger partial charge in [-0.25, -0.2) is 9.78 Å². The number of hydrogen-bond acceptors (Lipinski definition) is 5. The van der Waals surface area contributed by atoms with Crippen LogP contribution < -0.4 is 10.6 Å². The minimum Gasteiger partial charge on any atom is -0.444 e. The Morgan fingerprint density at radius 2 is 1.96 bits per heavy atom. The zero-order valence-corrected chi connectivity index (χ0v) is 15.9. The van der Waals surface area contributed by atoms with Gasteiger partial charge >= 0.3 is 6.09 Å². The molecule has 134 valence electrons. The van der Waals surface area contributed by atoms with Gasteiger partial charge in [-0.05, 0) is 52.3 Å². The number of carbonyl (C=O) groups is 2. The second kappa shape index (κ2) is 7.65. The zero-order chi connectivity index (χ0) is 18.6. The smallest absolute Gasteiger partial charge is 0.412 e. The Kier molecular flexibility index (Phi) is 5.79. The topological polar surface area (TPSA) is 80.3 Å². The van der Waals surface area contributed by atoms with Crippen LogP contribution in [0.1, 0.15) is 48.6 Å². The highest BCUT2D eigenvalue weighted by Crippen LogP contribution is 2.23. The van der Waals surface area contributed by atoms with E-state index in [4.69, 9.17) is 4.74 Å². The van der Waals surface area contributed by atoms with Gasteiger partial charge in [0, 0.05) is 16.1 Å². The summed E-state index contributed by atoms with van der Waals surface area (Å²) >= 11 is 1.45. The standard InChI is InChI=1S/C18H23N3O3S/c1-6-14-11(2)25-16(20-14)21-15(22)12-8-7-9-13(10-12)19-17(23)24-18(3,4)5/h7-10H,6H2,1-5H3,(H,19,23)(H,20,21,22). The van der Waals surface area contributed by atoms with Gasteiger partial charge in [-0.3, -0.25) is 15.4 Å². The monoisotopic (exact) mass is 361 g/mol. The van der Waals surface area contributed by atoms with Crippen molar-refractivity contribution in [3.8, 4) is 0 Å². The van der Waals surface area contributed by atoms with Crippen molar-refractivity contribution >= 4 is 34.2 Å². The Morgan fingerprint density at radius 3 is 2.56 bits per heavy atom. The van der Waals surface area contributed by atoms with E-state index >= 15 is 0 Å².